The van der Waals surface area contributed by atoms with Crippen molar-refractivity contribution in [2.75, 3.05) is 5.32 Å². The van der Waals surface area contributed by atoms with E-state index in [9.17, 15) is 32.3 Å². The minimum absolute atomic E-state index is 0.0736. The lowest BCUT2D eigenvalue weighted by Crippen LogP contribution is -2.43. The van der Waals surface area contributed by atoms with Gasteiger partial charge in [-0.05, 0) is 36.2 Å². The number of amides is 2. The molecule has 0 radical (unpaired) electrons. The molecule has 1 heterocycles. The molecule has 2 unspecified atom stereocenters. The fraction of sp³-hybridized carbons (Fsp3) is 0.261. The minimum Gasteiger partial charge on any atom is -0.378 e. The van der Waals surface area contributed by atoms with Gasteiger partial charge >= 0.3 is 0 Å². The zero-order valence-electron chi connectivity index (χ0n) is 18.4. The van der Waals surface area contributed by atoms with E-state index in [4.69, 9.17) is 0 Å². The van der Waals surface area contributed by atoms with Crippen LogP contribution in [-0.2, 0) is 15.0 Å². The molecule has 0 fully saturated rings. The molecule has 3 aromatic rings. The Labute approximate surface area is 192 Å². The number of nitrogens with zero attached hydrogens (tertiary/aromatic N) is 1. The van der Waals surface area contributed by atoms with Crippen LogP contribution in [0.15, 0.2) is 42.5 Å². The third-order valence-electron chi connectivity index (χ3n) is 5.31. The van der Waals surface area contributed by atoms with Gasteiger partial charge in [0.15, 0.2) is 11.9 Å². The molecule has 0 aliphatic heterocycles. The van der Waals surface area contributed by atoms with Crippen LogP contribution in [-0.4, -0.2) is 33.2 Å². The third-order valence-corrected chi connectivity index (χ3v) is 5.31. The number of hydrogen-bond acceptors (Lipinski definition) is 4. The van der Waals surface area contributed by atoms with Crippen molar-refractivity contribution in [2.45, 2.75) is 38.3 Å². The number of aliphatic hydroxyl groups excluding tert-OH is 1. The quantitative estimate of drug-likeness (QED) is 0.390. The van der Waals surface area contributed by atoms with Gasteiger partial charge in [-0.15, -0.1) is 0 Å². The summed E-state index contributed by atoms with van der Waals surface area (Å²) < 4.78 is 54.2. The summed E-state index contributed by atoms with van der Waals surface area (Å²) in [4.78, 5) is 24.7. The number of carbonyl (C=O) groups excluding carboxylic acids is 2. The number of nitrogens with one attached hydrogen (secondary N) is 3. The molecular weight excluding hydrogens is 456 g/mol. The molecular formula is C23H22F4N4O3. The van der Waals surface area contributed by atoms with Crippen molar-refractivity contribution in [2.24, 2.45) is 0 Å². The molecule has 4 N–H and O–H groups in total. The predicted molar refractivity (Wildman–Crippen MR) is 115 cm³/mol. The summed E-state index contributed by atoms with van der Waals surface area (Å²) in [6.07, 6.45) is -1.90. The Bertz CT molecular complexity index is 1210. The van der Waals surface area contributed by atoms with Gasteiger partial charge in [0.05, 0.1) is 0 Å². The van der Waals surface area contributed by atoms with E-state index in [0.29, 0.717) is 11.8 Å². The van der Waals surface area contributed by atoms with Gasteiger partial charge in [-0.3, -0.25) is 14.7 Å². The number of hydrogen-bond donors (Lipinski definition) is 4. The number of aromatic amines is 1. The first-order valence-corrected chi connectivity index (χ1v) is 10.1. The lowest BCUT2D eigenvalue weighted by atomic mass is 9.81. The first kappa shape index (κ1) is 24.9. The zero-order valence-corrected chi connectivity index (χ0v) is 18.4. The second kappa shape index (κ2) is 9.64. The fourth-order valence-electron chi connectivity index (χ4n) is 3.32. The monoisotopic (exact) mass is 478 g/mol. The lowest BCUT2D eigenvalue weighted by Gasteiger charge is -2.24. The third kappa shape index (κ3) is 5.42. The highest BCUT2D eigenvalue weighted by molar-refractivity contribution is 5.97. The van der Waals surface area contributed by atoms with Crippen LogP contribution in [0.5, 0.6) is 0 Å². The van der Waals surface area contributed by atoms with E-state index in [0.717, 1.165) is 24.3 Å². The summed E-state index contributed by atoms with van der Waals surface area (Å²) in [5, 5.41) is 21.4. The number of aliphatic hydroxyl groups is 1. The Morgan fingerprint density at radius 3 is 2.24 bits per heavy atom. The maximum Gasteiger partial charge on any atom is 0.254 e. The Morgan fingerprint density at radius 2 is 1.62 bits per heavy atom. The number of rotatable bonds is 7. The van der Waals surface area contributed by atoms with E-state index in [1.165, 1.54) is 19.1 Å². The fourth-order valence-corrected chi connectivity index (χ4v) is 3.32. The maximum absolute atomic E-state index is 14.3. The molecule has 0 aliphatic carbocycles. The van der Waals surface area contributed by atoms with E-state index < -0.39 is 52.6 Å². The largest absolute Gasteiger partial charge is 0.378 e. The number of anilines is 1. The maximum atomic E-state index is 14.3. The number of carbonyl (C=O) groups is 2. The van der Waals surface area contributed by atoms with Gasteiger partial charge in [0.25, 0.3) is 5.91 Å². The van der Waals surface area contributed by atoms with Crippen molar-refractivity contribution in [3.05, 3.63) is 82.6 Å². The van der Waals surface area contributed by atoms with Gasteiger partial charge in [-0.2, -0.15) is 5.10 Å². The summed E-state index contributed by atoms with van der Waals surface area (Å²) in [7, 11) is 0. The Hall–Kier alpha value is -3.73. The van der Waals surface area contributed by atoms with E-state index >= 15 is 0 Å². The molecule has 3 rings (SSSR count). The SMILES string of the molecule is CC(NC(=O)C(O)c1cc(F)cc(F)c1)C(=O)Nc1cc(C(C)(C)c2ccc(F)cc2F)[nH]n1. The topological polar surface area (TPSA) is 107 Å². The Kier molecular flexibility index (Phi) is 7.06. The molecule has 7 nitrogen and oxygen atoms in total. The van der Waals surface area contributed by atoms with E-state index in [-0.39, 0.29) is 16.9 Å². The lowest BCUT2D eigenvalue weighted by molar-refractivity contribution is -0.132. The van der Waals surface area contributed by atoms with Crippen molar-refractivity contribution in [1.82, 2.24) is 15.5 Å². The van der Waals surface area contributed by atoms with Gasteiger partial charge in [0, 0.05) is 29.3 Å². The van der Waals surface area contributed by atoms with Crippen molar-refractivity contribution in [3.8, 4) is 0 Å². The van der Waals surface area contributed by atoms with Crippen molar-refractivity contribution >= 4 is 17.6 Å². The van der Waals surface area contributed by atoms with E-state index in [1.54, 1.807) is 13.8 Å². The first-order chi connectivity index (χ1) is 15.9. The van der Waals surface area contributed by atoms with Gasteiger partial charge in [-0.1, -0.05) is 19.9 Å². The number of aromatic nitrogens is 2. The molecule has 0 saturated heterocycles. The van der Waals surface area contributed by atoms with Crippen LogP contribution in [0.4, 0.5) is 23.4 Å². The molecule has 0 aliphatic rings. The van der Waals surface area contributed by atoms with Gasteiger partial charge in [-0.25, -0.2) is 17.6 Å². The van der Waals surface area contributed by atoms with E-state index in [2.05, 4.69) is 20.8 Å². The summed E-state index contributed by atoms with van der Waals surface area (Å²) in [6.45, 7) is 4.70. The number of benzene rings is 2. The smallest absolute Gasteiger partial charge is 0.254 e. The molecule has 0 spiro atoms. The average molecular weight is 478 g/mol. The molecule has 0 saturated carbocycles. The summed E-state index contributed by atoms with van der Waals surface area (Å²) >= 11 is 0. The molecule has 2 aromatic carbocycles. The molecule has 2 amide bonds. The standard InChI is InChI=1S/C23H22F4N4O3/c1-11(28-22(34)20(32)12-6-14(25)8-15(26)7-12)21(33)29-19-10-18(30-31-19)23(2,3)16-5-4-13(24)9-17(16)27/h4-11,20,32H,1-3H3,(H,28,34)(H2,29,30,31,33). The van der Waals surface area contributed by atoms with Crippen LogP contribution in [0.3, 0.4) is 0 Å². The Morgan fingerprint density at radius 1 is 0.971 bits per heavy atom. The minimum atomic E-state index is -1.90. The average Bonchev–Trinajstić information content (AvgIpc) is 3.21. The second-order valence-electron chi connectivity index (χ2n) is 8.24. The predicted octanol–water partition coefficient (Wildman–Crippen LogP) is 3.47. The van der Waals surface area contributed by atoms with Crippen LogP contribution in [0.1, 0.15) is 43.7 Å². The van der Waals surface area contributed by atoms with Gasteiger partial charge < -0.3 is 15.7 Å². The summed E-state index contributed by atoms with van der Waals surface area (Å²) in [6, 6.07) is 5.72. The van der Waals surface area contributed by atoms with Crippen molar-refractivity contribution in [3.63, 3.8) is 0 Å². The summed E-state index contributed by atoms with van der Waals surface area (Å²) in [5.74, 6) is -5.05. The summed E-state index contributed by atoms with van der Waals surface area (Å²) in [5.41, 5.74) is -0.625. The highest BCUT2D eigenvalue weighted by atomic mass is 19.1. The molecule has 1 aromatic heterocycles. The highest BCUT2D eigenvalue weighted by Crippen LogP contribution is 2.33. The first-order valence-electron chi connectivity index (χ1n) is 10.1. The number of halogens is 4. The highest BCUT2D eigenvalue weighted by Gasteiger charge is 2.29. The van der Waals surface area contributed by atoms with Gasteiger partial charge in [0.1, 0.15) is 29.3 Å². The normalized spacial score (nSPS) is 13.3. The van der Waals surface area contributed by atoms with Crippen molar-refractivity contribution < 1.29 is 32.3 Å². The van der Waals surface area contributed by atoms with Crippen LogP contribution in [0.25, 0.3) is 0 Å². The zero-order chi connectivity index (χ0) is 25.2. The molecule has 180 valence electrons. The van der Waals surface area contributed by atoms with Gasteiger partial charge in [0.2, 0.25) is 5.91 Å². The molecule has 2 atom stereocenters. The van der Waals surface area contributed by atoms with Crippen molar-refractivity contribution in [1.29, 1.82) is 0 Å². The van der Waals surface area contributed by atoms with Crippen LogP contribution < -0.4 is 10.6 Å². The van der Waals surface area contributed by atoms with Crippen LogP contribution in [0.2, 0.25) is 0 Å². The molecule has 11 heteroatoms. The van der Waals surface area contributed by atoms with Crippen LogP contribution >= 0.6 is 0 Å². The molecule has 34 heavy (non-hydrogen) atoms. The Balaban J connectivity index is 1.66. The van der Waals surface area contributed by atoms with Crippen LogP contribution in [0, 0.1) is 23.3 Å². The molecule has 0 bridgehead atoms. The second-order valence-corrected chi connectivity index (χ2v) is 8.24. The number of H-pyrrole nitrogens is 1. The van der Waals surface area contributed by atoms with E-state index in [1.807, 2.05) is 0 Å².